The number of carbonyl (C=O) groups is 8. The van der Waals surface area contributed by atoms with Crippen LogP contribution in [0.2, 0.25) is 20.1 Å². The Morgan fingerprint density at radius 1 is 0.783 bits per heavy atom. The van der Waals surface area contributed by atoms with Crippen LogP contribution in [-0.4, -0.2) is 69.1 Å². The molecule has 14 nitrogen and oxygen atoms in total. The summed E-state index contributed by atoms with van der Waals surface area (Å²) < 4.78 is 0. The van der Waals surface area contributed by atoms with Gasteiger partial charge < -0.3 is 20.4 Å². The summed E-state index contributed by atoms with van der Waals surface area (Å²) in [5.74, 6) is -1.91. The molecule has 4 N–H and O–H groups in total. The third-order valence-corrected chi connectivity index (χ3v) is 13.9. The number of Topliss-reactive ketones (excluding diaryl/α,β-unsaturated/α-hetero) is 1. The van der Waals surface area contributed by atoms with Crippen LogP contribution in [0, 0.1) is 0 Å². The molecular formula is C40H34Cl4N6O8S2. The number of hydrogen-bond donors (Lipinski definition) is 4. The molecule has 4 aromatic rings. The molecule has 2 saturated heterocycles. The minimum atomic E-state index is -0.637. The van der Waals surface area contributed by atoms with Crippen molar-refractivity contribution in [3.05, 3.63) is 105 Å². The van der Waals surface area contributed by atoms with E-state index in [1.165, 1.54) is 32.5 Å². The van der Waals surface area contributed by atoms with E-state index in [1.807, 2.05) is 6.07 Å². The van der Waals surface area contributed by atoms with Crippen molar-refractivity contribution in [1.29, 1.82) is 0 Å². The Balaban J connectivity index is 0.000000181. The van der Waals surface area contributed by atoms with Crippen molar-refractivity contribution in [3.8, 4) is 0 Å². The Labute approximate surface area is 370 Å². The third kappa shape index (κ3) is 9.38. The molecule has 8 rings (SSSR count). The lowest BCUT2D eigenvalue weighted by atomic mass is 10.0. The van der Waals surface area contributed by atoms with Gasteiger partial charge in [0.25, 0.3) is 11.8 Å². The number of benzene rings is 2. The second-order valence-corrected chi connectivity index (χ2v) is 18.0. The lowest BCUT2D eigenvalue weighted by Crippen LogP contribution is -2.52. The highest BCUT2D eigenvalue weighted by atomic mass is 35.5. The van der Waals surface area contributed by atoms with Crippen LogP contribution in [0.3, 0.4) is 0 Å². The van der Waals surface area contributed by atoms with Gasteiger partial charge in [-0.25, -0.2) is 4.79 Å². The average molecular weight is 933 g/mol. The van der Waals surface area contributed by atoms with E-state index in [0.717, 1.165) is 20.9 Å². The van der Waals surface area contributed by atoms with Crippen molar-refractivity contribution in [3.63, 3.8) is 0 Å². The lowest BCUT2D eigenvalue weighted by molar-refractivity contribution is -0.138. The standard InChI is InChI=1S/C21H18Cl2N2O4S.C19H16Cl2N4O4S/c22-15-2-1-3-16(23)12(15)8-11(26)4-6-18-13-9-25(21(29)14(13)10-30-18)17-5-7-19(27)24-20(17)28;20-11-2-1-3-12(21)15(11)24-19(29)22-7-10-6-9-8-25(18(28)16(9)30-10)13-4-5-14(26)23-17(13)27/h1-3,10,17H,4-9H2,(H,24,27,28);1-3,6,13H,4-5,7-8H2,(H2,22,24,29)(H,23,26,27). The molecule has 2 aromatic carbocycles. The van der Waals surface area contributed by atoms with E-state index in [0.29, 0.717) is 80.6 Å². The molecule has 2 unspecified atom stereocenters. The predicted molar refractivity (Wildman–Crippen MR) is 227 cm³/mol. The number of anilines is 1. The number of halogens is 4. The largest absolute Gasteiger partial charge is 0.333 e. The Morgan fingerprint density at radius 3 is 1.95 bits per heavy atom. The molecule has 4 aliphatic heterocycles. The predicted octanol–water partition coefficient (Wildman–Crippen LogP) is 6.70. The Morgan fingerprint density at radius 2 is 1.37 bits per heavy atom. The maximum absolute atomic E-state index is 12.8. The summed E-state index contributed by atoms with van der Waals surface area (Å²) in [7, 11) is 0. The minimum absolute atomic E-state index is 0.0125. The van der Waals surface area contributed by atoms with Gasteiger partial charge in [0, 0.05) is 64.0 Å². The van der Waals surface area contributed by atoms with E-state index in [9.17, 15) is 38.4 Å². The summed E-state index contributed by atoms with van der Waals surface area (Å²) in [5, 5.41) is 13.3. The SMILES string of the molecule is O=C(CCc1scc2c1CN(C1CCC(=O)NC1=O)C2=O)Cc1c(Cl)cccc1Cl.O=C1CCC(N2Cc3cc(CNC(=O)Nc4c(Cl)cccc4Cl)sc3C2=O)C(=O)N1. The van der Waals surface area contributed by atoms with Gasteiger partial charge in [0.2, 0.25) is 23.6 Å². The van der Waals surface area contributed by atoms with Crippen LogP contribution >= 0.6 is 69.1 Å². The highest BCUT2D eigenvalue weighted by molar-refractivity contribution is 7.14. The van der Waals surface area contributed by atoms with Crippen LogP contribution in [-0.2, 0) is 56.4 Å². The number of ketones is 1. The molecule has 2 atom stereocenters. The third-order valence-electron chi connectivity index (χ3n) is 10.3. The molecule has 0 bridgehead atoms. The van der Waals surface area contributed by atoms with Crippen molar-refractivity contribution in [2.45, 2.75) is 76.7 Å². The zero-order valence-corrected chi connectivity index (χ0v) is 36.0. The number of para-hydroxylation sites is 1. The average Bonchev–Trinajstić information content (AvgIpc) is 3.95. The first-order valence-electron chi connectivity index (χ1n) is 18.6. The van der Waals surface area contributed by atoms with Crippen LogP contribution in [0.4, 0.5) is 10.5 Å². The van der Waals surface area contributed by atoms with Gasteiger partial charge in [-0.15, -0.1) is 22.7 Å². The van der Waals surface area contributed by atoms with Gasteiger partial charge in [-0.3, -0.25) is 44.2 Å². The number of carbonyl (C=O) groups excluding carboxylic acids is 8. The van der Waals surface area contributed by atoms with Crippen LogP contribution < -0.4 is 21.3 Å². The summed E-state index contributed by atoms with van der Waals surface area (Å²) in [5.41, 5.74) is 3.21. The summed E-state index contributed by atoms with van der Waals surface area (Å²) in [6.45, 7) is 0.847. The zero-order chi connectivity index (χ0) is 42.8. The highest BCUT2D eigenvalue weighted by Gasteiger charge is 2.42. The Bertz CT molecular complexity index is 2430. The molecule has 2 fully saturated rings. The number of imide groups is 2. The van der Waals surface area contributed by atoms with Crippen LogP contribution in [0.1, 0.15) is 78.6 Å². The van der Waals surface area contributed by atoms with Gasteiger partial charge >= 0.3 is 6.03 Å². The number of thiophene rings is 2. The number of piperidine rings is 2. The van der Waals surface area contributed by atoms with Crippen LogP contribution in [0.15, 0.2) is 47.8 Å². The van der Waals surface area contributed by atoms with Gasteiger partial charge in [-0.05, 0) is 66.3 Å². The van der Waals surface area contributed by atoms with Gasteiger partial charge in [0.15, 0.2) is 0 Å². The number of nitrogens with one attached hydrogen (secondary N) is 4. The van der Waals surface area contributed by atoms with Gasteiger partial charge in [0.05, 0.1) is 32.7 Å². The summed E-state index contributed by atoms with van der Waals surface area (Å²) >= 11 is 27.1. The molecule has 0 radical (unpaired) electrons. The van der Waals surface area contributed by atoms with E-state index in [2.05, 4.69) is 21.3 Å². The summed E-state index contributed by atoms with van der Waals surface area (Å²) in [4.78, 5) is 102. The molecule has 0 aliphatic carbocycles. The van der Waals surface area contributed by atoms with E-state index in [1.54, 1.807) is 41.8 Å². The fourth-order valence-corrected chi connectivity index (χ4v) is 10.4. The molecular weight excluding hydrogens is 898 g/mol. The smallest absolute Gasteiger partial charge is 0.319 e. The van der Waals surface area contributed by atoms with Crippen molar-refractivity contribution in [2.75, 3.05) is 5.32 Å². The normalized spacial score (nSPS) is 18.4. The van der Waals surface area contributed by atoms with Gasteiger partial charge in [-0.2, -0.15) is 0 Å². The topological polar surface area (TPSA) is 191 Å². The van der Waals surface area contributed by atoms with Gasteiger partial charge in [0.1, 0.15) is 17.9 Å². The quantitative estimate of drug-likeness (QED) is 0.126. The highest BCUT2D eigenvalue weighted by Crippen LogP contribution is 2.36. The summed E-state index contributed by atoms with van der Waals surface area (Å²) in [6.07, 6.45) is 2.07. The fraction of sp³-hybridized carbons (Fsp3) is 0.300. The second kappa shape index (κ2) is 18.4. The number of rotatable bonds is 10. The molecule has 60 heavy (non-hydrogen) atoms. The van der Waals surface area contributed by atoms with Crippen molar-refractivity contribution in [2.24, 2.45) is 0 Å². The molecule has 0 saturated carbocycles. The number of amides is 8. The first-order chi connectivity index (χ1) is 28.7. The first kappa shape index (κ1) is 43.3. The Hall–Kier alpha value is -4.84. The molecule has 0 spiro atoms. The second-order valence-electron chi connectivity index (χ2n) is 14.2. The number of hydrogen-bond acceptors (Lipinski definition) is 10. The van der Waals surface area contributed by atoms with Crippen LogP contribution in [0.5, 0.6) is 0 Å². The molecule has 8 amide bonds. The van der Waals surface area contributed by atoms with E-state index < -0.39 is 29.9 Å². The maximum Gasteiger partial charge on any atom is 0.319 e. The van der Waals surface area contributed by atoms with Gasteiger partial charge in [-0.1, -0.05) is 58.5 Å². The number of urea groups is 1. The van der Waals surface area contributed by atoms with Crippen LogP contribution in [0.25, 0.3) is 0 Å². The van der Waals surface area contributed by atoms with E-state index >= 15 is 0 Å². The van der Waals surface area contributed by atoms with Crippen molar-refractivity contribution in [1.82, 2.24) is 25.8 Å². The van der Waals surface area contributed by atoms with E-state index in [4.69, 9.17) is 46.4 Å². The summed E-state index contributed by atoms with van der Waals surface area (Å²) in [6, 6.07) is 10.2. The molecule has 2 aromatic heterocycles. The van der Waals surface area contributed by atoms with Crippen molar-refractivity contribution >= 4 is 122 Å². The number of aryl methyl sites for hydroxylation is 1. The molecule has 20 heteroatoms. The maximum atomic E-state index is 12.8. The number of nitrogens with zero attached hydrogens (tertiary/aromatic N) is 2. The lowest BCUT2D eigenvalue weighted by Gasteiger charge is -2.29. The zero-order valence-electron chi connectivity index (χ0n) is 31.3. The fourth-order valence-electron chi connectivity index (χ4n) is 7.28. The minimum Gasteiger partial charge on any atom is -0.333 e. The molecule has 4 aliphatic rings. The molecule has 6 heterocycles. The van der Waals surface area contributed by atoms with E-state index in [-0.39, 0.29) is 55.2 Å². The van der Waals surface area contributed by atoms with Crippen molar-refractivity contribution < 1.29 is 38.4 Å². The first-order valence-corrected chi connectivity index (χ1v) is 21.8. The Kier molecular flexibility index (Phi) is 13.3. The molecule has 312 valence electrons. The number of fused-ring (bicyclic) bond motifs is 2. The monoisotopic (exact) mass is 930 g/mol.